The fourth-order valence-corrected chi connectivity index (χ4v) is 5.06. The number of aromatic nitrogens is 2. The Morgan fingerprint density at radius 1 is 1.24 bits per heavy atom. The predicted octanol–water partition coefficient (Wildman–Crippen LogP) is 3.04. The van der Waals surface area contributed by atoms with Crippen LogP contribution in [0.2, 0.25) is 0 Å². The molecule has 2 N–H and O–H groups in total. The number of carbonyl (C=O) groups is 2. The molecule has 0 saturated heterocycles. The second kappa shape index (κ2) is 10.2. The molecule has 0 radical (unpaired) electrons. The lowest BCUT2D eigenvalue weighted by molar-refractivity contribution is -0.151. The second-order valence-corrected chi connectivity index (χ2v) is 8.68. The van der Waals surface area contributed by atoms with Gasteiger partial charge in [-0.2, -0.15) is 0 Å². The molecule has 3 aromatic rings. The summed E-state index contributed by atoms with van der Waals surface area (Å²) in [5, 5.41) is 5.77. The quantitative estimate of drug-likeness (QED) is 0.397. The molecule has 2 unspecified atom stereocenters. The summed E-state index contributed by atoms with van der Waals surface area (Å²) in [6.45, 7) is -0.254. The van der Waals surface area contributed by atoms with E-state index in [4.69, 9.17) is 21.7 Å². The molecule has 1 amide bonds. The minimum atomic E-state index is -0.664. The van der Waals surface area contributed by atoms with E-state index in [0.717, 1.165) is 30.5 Å². The van der Waals surface area contributed by atoms with Crippen molar-refractivity contribution >= 4 is 34.7 Å². The Labute approximate surface area is 203 Å². The van der Waals surface area contributed by atoms with E-state index in [1.807, 2.05) is 28.9 Å². The highest BCUT2D eigenvalue weighted by atomic mass is 32.1. The summed E-state index contributed by atoms with van der Waals surface area (Å²) in [6.07, 6.45) is 8.47. The van der Waals surface area contributed by atoms with Crippen LogP contribution in [0.4, 0.5) is 0 Å². The van der Waals surface area contributed by atoms with E-state index >= 15 is 0 Å². The average molecular weight is 481 g/mol. The number of amides is 1. The van der Waals surface area contributed by atoms with Crippen LogP contribution in [0.25, 0.3) is 5.65 Å². The number of ether oxygens (including phenoxy) is 2. The second-order valence-electron chi connectivity index (χ2n) is 8.27. The van der Waals surface area contributed by atoms with Crippen molar-refractivity contribution in [3.8, 4) is 5.75 Å². The van der Waals surface area contributed by atoms with E-state index < -0.39 is 23.4 Å². The minimum Gasteiger partial charge on any atom is -0.496 e. The Balaban J connectivity index is 1.54. The van der Waals surface area contributed by atoms with Crippen LogP contribution in [0.5, 0.6) is 5.75 Å². The number of thiocarbonyl (C=S) groups is 1. The highest BCUT2D eigenvalue weighted by Crippen LogP contribution is 2.42. The van der Waals surface area contributed by atoms with E-state index in [9.17, 15) is 9.59 Å². The fourth-order valence-electron chi connectivity index (χ4n) is 4.71. The maximum Gasteiger partial charge on any atom is 0.325 e. The molecule has 1 aliphatic carbocycles. The first kappa shape index (κ1) is 23.7. The van der Waals surface area contributed by atoms with Crippen molar-refractivity contribution in [3.63, 3.8) is 0 Å². The van der Waals surface area contributed by atoms with Crippen LogP contribution in [-0.4, -0.2) is 53.1 Å². The van der Waals surface area contributed by atoms with Crippen molar-refractivity contribution in [3.05, 3.63) is 66.1 Å². The van der Waals surface area contributed by atoms with Crippen LogP contribution in [0.15, 0.2) is 55.0 Å². The number of hydrogen-bond acceptors (Lipinski definition) is 6. The van der Waals surface area contributed by atoms with Crippen molar-refractivity contribution in [2.45, 2.75) is 37.2 Å². The van der Waals surface area contributed by atoms with Crippen LogP contribution in [0.1, 0.15) is 41.6 Å². The first-order chi connectivity index (χ1) is 16.5. The zero-order chi connectivity index (χ0) is 24.1. The minimum absolute atomic E-state index is 0.254. The number of rotatable bonds is 7. The maximum absolute atomic E-state index is 12.9. The normalized spacial score (nSPS) is 19.9. The van der Waals surface area contributed by atoms with Crippen molar-refractivity contribution in [1.29, 1.82) is 0 Å². The summed E-state index contributed by atoms with van der Waals surface area (Å²) in [5.74, 6) is -0.475. The van der Waals surface area contributed by atoms with Gasteiger partial charge in [0.1, 0.15) is 24.0 Å². The van der Waals surface area contributed by atoms with E-state index in [2.05, 4.69) is 15.6 Å². The van der Waals surface area contributed by atoms with Gasteiger partial charge in [0, 0.05) is 25.6 Å². The van der Waals surface area contributed by atoms with Gasteiger partial charge in [0.2, 0.25) is 0 Å². The molecule has 2 aromatic heterocycles. The van der Waals surface area contributed by atoms with Gasteiger partial charge < -0.3 is 24.5 Å². The number of fused-ring (bicyclic) bond motifs is 1. The SMILES string of the molecule is CNC(=S)C1(c2ccc3nccn3c2)CCCCC1OC(=O)CNC(=O)c1ccccc1OC. The number of nitrogens with one attached hydrogen (secondary N) is 2. The standard InChI is InChI=1S/C25H28N4O4S/c1-26-24(34)25(17-10-11-21-27-13-14-29(21)16-17)12-6-5-9-20(25)33-22(30)15-28-23(31)18-7-3-4-8-19(18)32-2/h3-4,7-8,10-11,13-14,16,20H,5-6,9,12,15H2,1-2H3,(H,26,34)(H,28,31). The molecule has 1 aliphatic rings. The van der Waals surface area contributed by atoms with E-state index in [1.54, 1.807) is 37.5 Å². The summed E-state index contributed by atoms with van der Waals surface area (Å²) in [5.41, 5.74) is 1.49. The van der Waals surface area contributed by atoms with E-state index in [-0.39, 0.29) is 6.54 Å². The largest absolute Gasteiger partial charge is 0.496 e. The van der Waals surface area contributed by atoms with Gasteiger partial charge >= 0.3 is 5.97 Å². The zero-order valence-corrected chi connectivity index (χ0v) is 20.1. The molecule has 1 fully saturated rings. The lowest BCUT2D eigenvalue weighted by Crippen LogP contribution is -2.54. The monoisotopic (exact) mass is 480 g/mol. The number of benzene rings is 1. The molecule has 1 saturated carbocycles. The highest BCUT2D eigenvalue weighted by molar-refractivity contribution is 7.80. The molecule has 34 heavy (non-hydrogen) atoms. The number of imidazole rings is 1. The lowest BCUT2D eigenvalue weighted by atomic mass is 9.67. The third-order valence-electron chi connectivity index (χ3n) is 6.39. The molecule has 1 aromatic carbocycles. The first-order valence-corrected chi connectivity index (χ1v) is 11.7. The van der Waals surface area contributed by atoms with E-state index in [1.165, 1.54) is 7.11 Å². The molecule has 2 atom stereocenters. The maximum atomic E-state index is 12.9. The number of methoxy groups -OCH3 is 1. The number of carbonyl (C=O) groups excluding carboxylic acids is 2. The number of nitrogens with zero attached hydrogens (tertiary/aromatic N) is 2. The van der Waals surface area contributed by atoms with Gasteiger partial charge in [-0.25, -0.2) is 4.98 Å². The van der Waals surface area contributed by atoms with Crippen LogP contribution in [0, 0.1) is 0 Å². The van der Waals surface area contributed by atoms with Gasteiger partial charge in [-0.3, -0.25) is 9.59 Å². The van der Waals surface area contributed by atoms with Crippen LogP contribution in [0.3, 0.4) is 0 Å². The number of pyridine rings is 1. The van der Waals surface area contributed by atoms with Gasteiger partial charge in [-0.05, 0) is 43.0 Å². The summed E-state index contributed by atoms with van der Waals surface area (Å²) in [7, 11) is 3.29. The summed E-state index contributed by atoms with van der Waals surface area (Å²) < 4.78 is 13.2. The zero-order valence-electron chi connectivity index (χ0n) is 19.2. The van der Waals surface area contributed by atoms with Crippen molar-refractivity contribution in [2.75, 3.05) is 20.7 Å². The first-order valence-electron chi connectivity index (χ1n) is 11.3. The smallest absolute Gasteiger partial charge is 0.325 e. The molecule has 0 aliphatic heterocycles. The van der Waals surface area contributed by atoms with Crippen molar-refractivity contribution in [2.24, 2.45) is 0 Å². The van der Waals surface area contributed by atoms with Gasteiger partial charge in [-0.1, -0.05) is 36.8 Å². The molecule has 0 spiro atoms. The predicted molar refractivity (Wildman–Crippen MR) is 132 cm³/mol. The summed E-state index contributed by atoms with van der Waals surface area (Å²) in [6, 6.07) is 10.8. The van der Waals surface area contributed by atoms with Crippen molar-refractivity contribution < 1.29 is 19.1 Å². The van der Waals surface area contributed by atoms with Gasteiger partial charge in [0.15, 0.2) is 0 Å². The Hall–Kier alpha value is -3.46. The molecule has 178 valence electrons. The molecule has 9 heteroatoms. The molecule has 0 bridgehead atoms. The Morgan fingerprint density at radius 3 is 2.85 bits per heavy atom. The summed E-state index contributed by atoms with van der Waals surface area (Å²) >= 11 is 5.79. The van der Waals surface area contributed by atoms with Gasteiger partial charge in [0.25, 0.3) is 5.91 Å². The third-order valence-corrected chi connectivity index (χ3v) is 6.96. The molecule has 4 rings (SSSR count). The number of para-hydroxylation sites is 1. The number of esters is 1. The highest BCUT2D eigenvalue weighted by Gasteiger charge is 2.48. The number of likely N-dealkylation sites (N-methyl/N-ethyl adjacent to an activating group) is 1. The Morgan fingerprint density at radius 2 is 2.06 bits per heavy atom. The lowest BCUT2D eigenvalue weighted by Gasteiger charge is -2.44. The Kier molecular flexibility index (Phi) is 7.12. The van der Waals surface area contributed by atoms with E-state index in [0.29, 0.717) is 22.7 Å². The van der Waals surface area contributed by atoms with Gasteiger partial charge in [-0.15, -0.1) is 0 Å². The summed E-state index contributed by atoms with van der Waals surface area (Å²) in [4.78, 5) is 30.4. The van der Waals surface area contributed by atoms with Crippen LogP contribution >= 0.6 is 12.2 Å². The molecule has 2 heterocycles. The average Bonchev–Trinajstić information content (AvgIpc) is 3.35. The van der Waals surface area contributed by atoms with Gasteiger partial charge in [0.05, 0.1) is 23.1 Å². The van der Waals surface area contributed by atoms with Crippen molar-refractivity contribution in [1.82, 2.24) is 20.0 Å². The fraction of sp³-hybridized carbons (Fsp3) is 0.360. The Bertz CT molecular complexity index is 1210. The van der Waals surface area contributed by atoms with Crippen LogP contribution < -0.4 is 15.4 Å². The van der Waals surface area contributed by atoms with Crippen LogP contribution in [-0.2, 0) is 14.9 Å². The molecular formula is C25H28N4O4S. The topological polar surface area (TPSA) is 94.0 Å². The molecule has 8 nitrogen and oxygen atoms in total. The third kappa shape index (κ3) is 4.48. The molecular weight excluding hydrogens is 452 g/mol. The number of hydrogen-bond donors (Lipinski definition) is 2.